The van der Waals surface area contributed by atoms with Crippen molar-refractivity contribution in [3.05, 3.63) is 170 Å². The number of rotatable bonds is 15. The number of carboxylic acids is 1. The standard InChI is InChI=1S/C45H34F2N8O6S5/c1-54-23-48-52-44(54)66-38-29(46)18-28-31(56)19-32(65-37(28)33(38)47)62-20-24-21-63-41-35(40(58)55(41)36(24)42(59)60)50-39(57)34(53-61-2)30-22-64-43(49-30)51-45(25-12-6-3-7-13-25,26-14-8-4-9-15-26)27-16-10-5-11-17-27/h3-19,22-23,35,41H,20-21H2,1-2H3,(H,49,51)(H,50,57)(H,59,60)/t35?,41-/m0/s1. The van der Waals surface area contributed by atoms with Gasteiger partial charge in [-0.25, -0.2) is 18.6 Å². The zero-order valence-corrected chi connectivity index (χ0v) is 38.6. The van der Waals surface area contributed by atoms with E-state index in [2.05, 4.69) is 26.0 Å². The van der Waals surface area contributed by atoms with Gasteiger partial charge in [0.05, 0.1) is 13.8 Å². The first-order chi connectivity index (χ1) is 32.0. The normalized spacial score (nSPS) is 16.2. The van der Waals surface area contributed by atoms with Crippen molar-refractivity contribution in [3.8, 4) is 0 Å². The molecule has 4 aromatic carbocycles. The number of nitrogens with zero attached hydrogens (tertiary/aromatic N) is 6. The van der Waals surface area contributed by atoms with Crippen LogP contribution in [0.15, 0.2) is 150 Å². The van der Waals surface area contributed by atoms with Gasteiger partial charge in [-0.15, -0.1) is 56.4 Å². The van der Waals surface area contributed by atoms with Gasteiger partial charge >= 0.3 is 5.97 Å². The molecule has 0 spiro atoms. The Labute approximate surface area is 395 Å². The van der Waals surface area contributed by atoms with Crippen LogP contribution in [0.1, 0.15) is 22.4 Å². The molecule has 3 N–H and O–H groups in total. The minimum Gasteiger partial charge on any atom is -0.477 e. The summed E-state index contributed by atoms with van der Waals surface area (Å²) in [6, 6.07) is 30.9. The number of carboxylic acid groups (broad SMARTS) is 1. The second-order valence-corrected chi connectivity index (χ2v) is 19.9. The predicted octanol–water partition coefficient (Wildman–Crippen LogP) is 7.56. The van der Waals surface area contributed by atoms with Gasteiger partial charge in [0.2, 0.25) is 0 Å². The van der Waals surface area contributed by atoms with Gasteiger partial charge in [0, 0.05) is 35.4 Å². The highest BCUT2D eigenvalue weighted by atomic mass is 32.2. The summed E-state index contributed by atoms with van der Waals surface area (Å²) in [7, 11) is 2.91. The summed E-state index contributed by atoms with van der Waals surface area (Å²) in [5.41, 5.74) is 1.44. The lowest BCUT2D eigenvalue weighted by atomic mass is 9.77. The first-order valence-electron chi connectivity index (χ1n) is 19.8. The smallest absolute Gasteiger partial charge is 0.352 e. The third-order valence-corrected chi connectivity index (χ3v) is 16.3. The molecule has 14 nitrogen and oxygen atoms in total. The van der Waals surface area contributed by atoms with Crippen LogP contribution in [-0.2, 0) is 31.8 Å². The molecule has 2 aliphatic rings. The van der Waals surface area contributed by atoms with Crippen molar-refractivity contribution in [3.63, 3.8) is 0 Å². The molecule has 5 heterocycles. The highest BCUT2D eigenvalue weighted by Gasteiger charge is 2.54. The molecule has 1 unspecified atom stereocenters. The van der Waals surface area contributed by atoms with Gasteiger partial charge in [0.15, 0.2) is 27.2 Å². The molecule has 9 rings (SSSR count). The van der Waals surface area contributed by atoms with Crippen LogP contribution in [0.25, 0.3) is 10.1 Å². The SMILES string of the molecule is CON=C(C(=O)NC1C(=O)N2C(C(=O)O)=C(CSc3cc(=O)c4cc(F)c(Sc5nncn5C)c(F)c4s3)CS[C@@H]12)c1csc(NC(c2ccccc2)(c2ccccc2)c2ccccc2)n1. The number of thioether (sulfide) groups is 2. The van der Waals surface area contributed by atoms with Crippen molar-refractivity contribution < 1.29 is 33.1 Å². The van der Waals surface area contributed by atoms with Crippen molar-refractivity contribution in [2.45, 2.75) is 31.2 Å². The minimum atomic E-state index is -1.35. The molecular weight excluding hydrogens is 947 g/mol. The molecule has 2 aliphatic heterocycles. The third-order valence-electron chi connectivity index (χ3n) is 10.7. The lowest BCUT2D eigenvalue weighted by Gasteiger charge is -2.49. The van der Waals surface area contributed by atoms with Crippen LogP contribution < -0.4 is 16.1 Å². The van der Waals surface area contributed by atoms with Gasteiger partial charge in [0.25, 0.3) is 11.8 Å². The van der Waals surface area contributed by atoms with E-state index in [0.29, 0.717) is 14.9 Å². The van der Waals surface area contributed by atoms with Crippen molar-refractivity contribution >= 4 is 96.7 Å². The molecule has 21 heteroatoms. The quantitative estimate of drug-likeness (QED) is 0.0302. The number of aromatic nitrogens is 4. The van der Waals surface area contributed by atoms with Gasteiger partial charge in [-0.3, -0.25) is 19.3 Å². The summed E-state index contributed by atoms with van der Waals surface area (Å²) in [5.74, 6) is -4.40. The fraction of sp³-hybridized carbons (Fsp3) is 0.156. The number of aryl methyl sites for hydroxylation is 1. The molecule has 3 aromatic heterocycles. The van der Waals surface area contributed by atoms with E-state index < -0.39 is 51.8 Å². The van der Waals surface area contributed by atoms with E-state index in [-0.39, 0.29) is 48.7 Å². The summed E-state index contributed by atoms with van der Waals surface area (Å²) in [4.78, 5) is 64.2. The van der Waals surface area contributed by atoms with Gasteiger partial charge in [-0.2, -0.15) is 0 Å². The predicted molar refractivity (Wildman–Crippen MR) is 252 cm³/mol. The maximum absolute atomic E-state index is 15.8. The van der Waals surface area contributed by atoms with Crippen molar-refractivity contribution in [1.29, 1.82) is 0 Å². The van der Waals surface area contributed by atoms with E-state index in [1.807, 2.05) is 91.0 Å². The monoisotopic (exact) mass is 980 g/mol. The van der Waals surface area contributed by atoms with Crippen LogP contribution in [0.4, 0.5) is 13.9 Å². The van der Waals surface area contributed by atoms with Crippen molar-refractivity contribution in [2.75, 3.05) is 23.9 Å². The van der Waals surface area contributed by atoms with E-state index in [0.717, 1.165) is 62.5 Å². The molecule has 2 atom stereocenters. The van der Waals surface area contributed by atoms with E-state index in [4.69, 9.17) is 9.82 Å². The largest absolute Gasteiger partial charge is 0.477 e. The Hall–Kier alpha value is -6.39. The molecule has 2 amide bonds. The summed E-state index contributed by atoms with van der Waals surface area (Å²) < 4.78 is 32.7. The summed E-state index contributed by atoms with van der Waals surface area (Å²) in [5, 5.41) is 29.9. The maximum Gasteiger partial charge on any atom is 0.352 e. The summed E-state index contributed by atoms with van der Waals surface area (Å²) in [6.45, 7) is 0. The van der Waals surface area contributed by atoms with Gasteiger partial charge in [-0.1, -0.05) is 96.2 Å². The second kappa shape index (κ2) is 18.8. The van der Waals surface area contributed by atoms with Crippen LogP contribution in [-0.4, -0.2) is 83.3 Å². The van der Waals surface area contributed by atoms with Crippen LogP contribution >= 0.6 is 58.0 Å². The Balaban J connectivity index is 0.927. The van der Waals surface area contributed by atoms with E-state index >= 15 is 8.78 Å². The number of hydrogen-bond acceptors (Lipinski definition) is 15. The first-order valence-corrected chi connectivity index (χ1v) is 24.4. The minimum absolute atomic E-state index is 0.0396. The number of hydrogen-bond donors (Lipinski definition) is 3. The number of oxime groups is 1. The van der Waals surface area contributed by atoms with E-state index in [9.17, 15) is 24.3 Å². The fourth-order valence-corrected chi connectivity index (χ4v) is 13.0. The average Bonchev–Trinajstić information content (AvgIpc) is 3.98. The zero-order chi connectivity index (χ0) is 46.1. The maximum atomic E-state index is 15.8. The van der Waals surface area contributed by atoms with E-state index in [1.54, 1.807) is 12.4 Å². The second-order valence-electron chi connectivity index (χ2n) is 14.7. The molecule has 0 saturated carbocycles. The molecule has 1 fully saturated rings. The van der Waals surface area contributed by atoms with Gasteiger partial charge in [-0.05, 0) is 40.1 Å². The summed E-state index contributed by atoms with van der Waals surface area (Å²) >= 11 is 5.26. The average molecular weight is 981 g/mol. The fourth-order valence-electron chi connectivity index (χ4n) is 7.64. The van der Waals surface area contributed by atoms with Crippen LogP contribution in [0.5, 0.6) is 0 Å². The number of carbonyl (C=O) groups excluding carboxylic acids is 2. The van der Waals surface area contributed by atoms with Crippen molar-refractivity contribution in [1.82, 2.24) is 30.0 Å². The molecule has 0 aliphatic carbocycles. The molecule has 0 radical (unpaired) electrons. The third kappa shape index (κ3) is 8.36. The molecular formula is C45H34F2N8O6S5. The van der Waals surface area contributed by atoms with Crippen molar-refractivity contribution in [2.24, 2.45) is 12.2 Å². The van der Waals surface area contributed by atoms with Crippen LogP contribution in [0, 0.1) is 11.6 Å². The van der Waals surface area contributed by atoms with Gasteiger partial charge in [0.1, 0.15) is 47.6 Å². The number of β-lactam (4-membered cyclic amide) rings is 1. The summed E-state index contributed by atoms with van der Waals surface area (Å²) in [6.07, 6.45) is 1.39. The molecule has 66 heavy (non-hydrogen) atoms. The molecule has 1 saturated heterocycles. The number of anilines is 1. The Kier molecular flexibility index (Phi) is 12.8. The Morgan fingerprint density at radius 2 is 1.64 bits per heavy atom. The first kappa shape index (κ1) is 44.8. The number of aliphatic carboxylic acids is 1. The number of benzene rings is 4. The highest BCUT2D eigenvalue weighted by molar-refractivity contribution is 8.02. The Morgan fingerprint density at radius 3 is 2.23 bits per heavy atom. The number of halogens is 2. The number of nitrogens with one attached hydrogen (secondary N) is 2. The highest BCUT2D eigenvalue weighted by Crippen LogP contribution is 2.44. The number of amides is 2. The molecule has 334 valence electrons. The number of carbonyl (C=O) groups is 3. The molecule has 0 bridgehead atoms. The zero-order valence-electron chi connectivity index (χ0n) is 34.5. The van der Waals surface area contributed by atoms with Gasteiger partial charge < -0.3 is 25.1 Å². The Morgan fingerprint density at radius 1 is 0.985 bits per heavy atom. The number of fused-ring (bicyclic) bond motifs is 2. The lowest BCUT2D eigenvalue weighted by Crippen LogP contribution is -2.71. The Bertz CT molecular complexity index is 3040. The van der Waals surface area contributed by atoms with Crippen LogP contribution in [0.3, 0.4) is 0 Å². The lowest BCUT2D eigenvalue weighted by molar-refractivity contribution is -0.150. The topological polar surface area (TPSA) is 181 Å². The molecule has 7 aromatic rings. The number of thiazole rings is 1. The van der Waals surface area contributed by atoms with Crippen LogP contribution in [0.2, 0.25) is 0 Å². The van der Waals surface area contributed by atoms with E-state index in [1.165, 1.54) is 47.2 Å².